The van der Waals surface area contributed by atoms with E-state index in [-0.39, 0.29) is 0 Å². The Kier molecular flexibility index (Phi) is 3.51. The normalized spacial score (nSPS) is 12.9. The summed E-state index contributed by atoms with van der Waals surface area (Å²) in [6, 6.07) is 4.57. The quantitative estimate of drug-likeness (QED) is 0.883. The van der Waals surface area contributed by atoms with E-state index in [1.807, 2.05) is 6.20 Å². The number of nitrogens with zero attached hydrogens (tertiary/aromatic N) is 1. The van der Waals surface area contributed by atoms with Crippen LogP contribution in [-0.4, -0.2) is 4.98 Å². The van der Waals surface area contributed by atoms with Gasteiger partial charge in [0.15, 0.2) is 0 Å². The summed E-state index contributed by atoms with van der Waals surface area (Å²) in [7, 11) is 0. The summed E-state index contributed by atoms with van der Waals surface area (Å²) in [6.07, 6.45) is 1.93. The Bertz CT molecular complexity index is 406. The van der Waals surface area contributed by atoms with Crippen LogP contribution in [0.3, 0.4) is 0 Å². The number of nitrogens with one attached hydrogen (secondary N) is 1. The summed E-state index contributed by atoms with van der Waals surface area (Å²) >= 11 is 3.55. The molecule has 1 N–H and O–H groups in total. The van der Waals surface area contributed by atoms with Crippen molar-refractivity contribution in [2.24, 2.45) is 0 Å². The highest BCUT2D eigenvalue weighted by atomic mass is 32.1. The Balaban J connectivity index is 1.90. The molecule has 1 atom stereocenters. The average Bonchev–Trinajstić information content (AvgIpc) is 2.84. The van der Waals surface area contributed by atoms with Crippen molar-refractivity contribution in [3.8, 4) is 0 Å². The van der Waals surface area contributed by atoms with Crippen molar-refractivity contribution in [3.63, 3.8) is 0 Å². The lowest BCUT2D eigenvalue weighted by molar-refractivity contribution is 0.576. The van der Waals surface area contributed by atoms with Gasteiger partial charge < -0.3 is 5.32 Å². The third kappa shape index (κ3) is 2.87. The fourth-order valence-corrected chi connectivity index (χ4v) is 2.78. The number of thiophene rings is 1. The Labute approximate surface area is 98.0 Å². The fraction of sp³-hybridized carbons (Fsp3) is 0.364. The van der Waals surface area contributed by atoms with Crippen LogP contribution in [0.1, 0.15) is 27.7 Å². The summed E-state index contributed by atoms with van der Waals surface area (Å²) in [4.78, 5) is 7.02. The lowest BCUT2D eigenvalue weighted by Gasteiger charge is -2.09. The maximum atomic E-state index is 4.38. The molecule has 0 radical (unpaired) electrons. The highest BCUT2D eigenvalue weighted by Crippen LogP contribution is 2.19. The topological polar surface area (TPSA) is 24.9 Å². The monoisotopic (exact) mass is 238 g/mol. The van der Waals surface area contributed by atoms with E-state index in [9.17, 15) is 0 Å². The smallest absolute Gasteiger partial charge is 0.109 e. The van der Waals surface area contributed by atoms with Crippen LogP contribution in [0, 0.1) is 6.92 Å². The second-order valence-corrected chi connectivity index (χ2v) is 5.79. The van der Waals surface area contributed by atoms with Gasteiger partial charge in [-0.05, 0) is 25.3 Å². The largest absolute Gasteiger partial charge is 0.303 e. The zero-order chi connectivity index (χ0) is 10.7. The van der Waals surface area contributed by atoms with Crippen molar-refractivity contribution >= 4 is 22.7 Å². The van der Waals surface area contributed by atoms with Crippen molar-refractivity contribution in [3.05, 3.63) is 38.5 Å². The fourth-order valence-electron chi connectivity index (χ4n) is 1.33. The van der Waals surface area contributed by atoms with Crippen LogP contribution in [0.2, 0.25) is 0 Å². The van der Waals surface area contributed by atoms with Crippen LogP contribution in [0.4, 0.5) is 0 Å². The van der Waals surface area contributed by atoms with Crippen molar-refractivity contribution in [2.75, 3.05) is 0 Å². The van der Waals surface area contributed by atoms with Crippen LogP contribution >= 0.6 is 22.7 Å². The van der Waals surface area contributed by atoms with E-state index in [2.05, 4.69) is 41.7 Å². The van der Waals surface area contributed by atoms with Crippen molar-refractivity contribution in [1.82, 2.24) is 10.3 Å². The highest BCUT2D eigenvalue weighted by Gasteiger charge is 2.08. The molecule has 2 heterocycles. The standard InChI is InChI=1S/C11H14N2S2/c1-8-6-13-11(15-8)9(2)12-7-10-4-3-5-14-10/h3-6,9,12H,7H2,1-2H3. The van der Waals surface area contributed by atoms with Gasteiger partial charge in [-0.25, -0.2) is 4.98 Å². The summed E-state index contributed by atoms with van der Waals surface area (Å²) in [6.45, 7) is 5.18. The predicted octanol–water partition coefficient (Wildman–Crippen LogP) is 3.36. The van der Waals surface area contributed by atoms with Gasteiger partial charge in [0, 0.05) is 22.5 Å². The molecule has 0 aliphatic heterocycles. The maximum absolute atomic E-state index is 4.38. The van der Waals surface area contributed by atoms with E-state index in [1.165, 1.54) is 14.8 Å². The van der Waals surface area contributed by atoms with Gasteiger partial charge in [-0.1, -0.05) is 6.07 Å². The number of aryl methyl sites for hydroxylation is 1. The maximum Gasteiger partial charge on any atom is 0.109 e. The van der Waals surface area contributed by atoms with Crippen molar-refractivity contribution in [1.29, 1.82) is 0 Å². The molecule has 0 aliphatic rings. The van der Waals surface area contributed by atoms with Crippen molar-refractivity contribution in [2.45, 2.75) is 26.4 Å². The number of aromatic nitrogens is 1. The molecule has 15 heavy (non-hydrogen) atoms. The molecule has 0 saturated heterocycles. The van der Waals surface area contributed by atoms with Crippen LogP contribution in [0.25, 0.3) is 0 Å². The third-order valence-corrected chi connectivity index (χ3v) is 4.14. The molecule has 80 valence electrons. The van der Waals surface area contributed by atoms with Gasteiger partial charge in [0.1, 0.15) is 5.01 Å². The van der Waals surface area contributed by atoms with Gasteiger partial charge in [0.05, 0.1) is 6.04 Å². The minimum atomic E-state index is 0.339. The van der Waals surface area contributed by atoms with Crippen LogP contribution in [0.5, 0.6) is 0 Å². The van der Waals surface area contributed by atoms with E-state index in [1.54, 1.807) is 22.7 Å². The number of hydrogen-bond donors (Lipinski definition) is 1. The minimum Gasteiger partial charge on any atom is -0.303 e. The third-order valence-electron chi connectivity index (χ3n) is 2.17. The number of hydrogen-bond acceptors (Lipinski definition) is 4. The van der Waals surface area contributed by atoms with Gasteiger partial charge in [-0.2, -0.15) is 0 Å². The molecule has 0 aromatic carbocycles. The molecule has 0 bridgehead atoms. The molecule has 0 saturated carbocycles. The van der Waals surface area contributed by atoms with Crippen LogP contribution in [0.15, 0.2) is 23.7 Å². The molecule has 2 rings (SSSR count). The molecular weight excluding hydrogens is 224 g/mol. The molecule has 2 aromatic rings. The predicted molar refractivity (Wildman–Crippen MR) is 66.4 cm³/mol. The highest BCUT2D eigenvalue weighted by molar-refractivity contribution is 7.11. The first-order valence-corrected chi connectivity index (χ1v) is 6.63. The molecule has 0 amide bonds. The first kappa shape index (κ1) is 10.8. The van der Waals surface area contributed by atoms with Gasteiger partial charge in [-0.15, -0.1) is 22.7 Å². The SMILES string of the molecule is Cc1cnc(C(C)NCc2cccs2)s1. The van der Waals surface area contributed by atoms with Gasteiger partial charge >= 0.3 is 0 Å². The van der Waals surface area contributed by atoms with E-state index in [0.29, 0.717) is 6.04 Å². The molecule has 4 heteroatoms. The van der Waals surface area contributed by atoms with E-state index in [0.717, 1.165) is 6.54 Å². The molecule has 2 nitrogen and oxygen atoms in total. The second-order valence-electron chi connectivity index (χ2n) is 3.49. The van der Waals surface area contributed by atoms with Gasteiger partial charge in [0.2, 0.25) is 0 Å². The van der Waals surface area contributed by atoms with Gasteiger partial charge in [-0.3, -0.25) is 0 Å². The summed E-state index contributed by atoms with van der Waals surface area (Å²) < 4.78 is 0. The van der Waals surface area contributed by atoms with Gasteiger partial charge in [0.25, 0.3) is 0 Å². The number of rotatable bonds is 4. The molecule has 0 spiro atoms. The van der Waals surface area contributed by atoms with E-state index >= 15 is 0 Å². The molecule has 0 fully saturated rings. The summed E-state index contributed by atoms with van der Waals surface area (Å²) in [5, 5.41) is 6.75. The molecular formula is C11H14N2S2. The van der Waals surface area contributed by atoms with Crippen molar-refractivity contribution < 1.29 is 0 Å². The lowest BCUT2D eigenvalue weighted by Crippen LogP contribution is -2.17. The van der Waals surface area contributed by atoms with Crippen LogP contribution in [-0.2, 0) is 6.54 Å². The molecule has 1 unspecified atom stereocenters. The first-order valence-electron chi connectivity index (χ1n) is 4.94. The molecule has 2 aromatic heterocycles. The Morgan fingerprint density at radius 2 is 2.40 bits per heavy atom. The second kappa shape index (κ2) is 4.88. The summed E-state index contributed by atoms with van der Waals surface area (Å²) in [5.74, 6) is 0. The van der Waals surface area contributed by atoms with Crippen LogP contribution < -0.4 is 5.32 Å². The Morgan fingerprint density at radius 3 is 3.00 bits per heavy atom. The zero-order valence-electron chi connectivity index (χ0n) is 8.86. The zero-order valence-corrected chi connectivity index (χ0v) is 10.5. The van der Waals surface area contributed by atoms with E-state index in [4.69, 9.17) is 0 Å². The Hall–Kier alpha value is -0.710. The Morgan fingerprint density at radius 1 is 1.53 bits per heavy atom. The number of thiazole rings is 1. The molecule has 0 aliphatic carbocycles. The first-order chi connectivity index (χ1) is 7.25. The minimum absolute atomic E-state index is 0.339. The summed E-state index contributed by atoms with van der Waals surface area (Å²) in [5.41, 5.74) is 0. The lowest BCUT2D eigenvalue weighted by atomic mass is 10.3. The van der Waals surface area contributed by atoms with E-state index < -0.39 is 0 Å². The average molecular weight is 238 g/mol.